The third-order valence-electron chi connectivity index (χ3n) is 4.76. The maximum Gasteiger partial charge on any atom is 0.260 e. The Morgan fingerprint density at radius 2 is 1.81 bits per heavy atom. The van der Waals surface area contributed by atoms with E-state index in [1.807, 2.05) is 25.1 Å². The van der Waals surface area contributed by atoms with Crippen molar-refractivity contribution >= 4 is 51.0 Å². The van der Waals surface area contributed by atoms with Crippen LogP contribution in [-0.2, 0) is 21.4 Å². The number of hydrogen-bond donors (Lipinski definition) is 1. The van der Waals surface area contributed by atoms with E-state index in [0.717, 1.165) is 16.1 Å². The lowest BCUT2D eigenvalue weighted by atomic mass is 10.2. The smallest absolute Gasteiger partial charge is 0.260 e. The van der Waals surface area contributed by atoms with E-state index < -0.39 is 22.5 Å². The van der Waals surface area contributed by atoms with E-state index in [0.29, 0.717) is 35.3 Å². The lowest BCUT2D eigenvalue weighted by Crippen LogP contribution is -2.39. The molecule has 0 spiro atoms. The SMILES string of the molecule is CCOc1cc(/C=N\NC(=O)CN(c2ccccc2Cl)S(C)(=O)=O)ccc1OCc1cccc(Cl)c1. The number of halogens is 2. The van der Waals surface area contributed by atoms with Gasteiger partial charge in [0.05, 0.1) is 29.8 Å². The molecule has 0 heterocycles. The van der Waals surface area contributed by atoms with E-state index in [2.05, 4.69) is 10.5 Å². The minimum atomic E-state index is -3.76. The van der Waals surface area contributed by atoms with Crippen LogP contribution in [0.3, 0.4) is 0 Å². The molecule has 190 valence electrons. The summed E-state index contributed by atoms with van der Waals surface area (Å²) >= 11 is 12.1. The maximum absolute atomic E-state index is 12.4. The van der Waals surface area contributed by atoms with Gasteiger partial charge in [-0.1, -0.05) is 47.5 Å². The van der Waals surface area contributed by atoms with Gasteiger partial charge in [-0.15, -0.1) is 0 Å². The molecular weight excluding hydrogens is 525 g/mol. The van der Waals surface area contributed by atoms with E-state index in [1.54, 1.807) is 42.5 Å². The summed E-state index contributed by atoms with van der Waals surface area (Å²) in [6.45, 7) is 2.11. The molecule has 3 aromatic rings. The first kappa shape index (κ1) is 27.3. The molecule has 0 aromatic heterocycles. The van der Waals surface area contributed by atoms with Crippen molar-refractivity contribution < 1.29 is 22.7 Å². The van der Waals surface area contributed by atoms with E-state index in [-0.39, 0.29) is 10.7 Å². The molecule has 11 heteroatoms. The first-order chi connectivity index (χ1) is 17.2. The zero-order chi connectivity index (χ0) is 26.1. The second-order valence-corrected chi connectivity index (χ2v) is 10.3. The highest BCUT2D eigenvalue weighted by atomic mass is 35.5. The van der Waals surface area contributed by atoms with E-state index >= 15 is 0 Å². The number of ether oxygens (including phenoxy) is 2. The highest BCUT2D eigenvalue weighted by Gasteiger charge is 2.22. The Labute approximate surface area is 220 Å². The van der Waals surface area contributed by atoms with Crippen LogP contribution in [0.5, 0.6) is 11.5 Å². The number of hydrogen-bond acceptors (Lipinski definition) is 6. The predicted octanol–water partition coefficient (Wildman–Crippen LogP) is 4.89. The molecule has 0 aliphatic rings. The van der Waals surface area contributed by atoms with Gasteiger partial charge < -0.3 is 9.47 Å². The topological polar surface area (TPSA) is 97.3 Å². The minimum absolute atomic E-state index is 0.204. The molecule has 0 aliphatic heterocycles. The predicted molar refractivity (Wildman–Crippen MR) is 143 cm³/mol. The molecule has 36 heavy (non-hydrogen) atoms. The second-order valence-electron chi connectivity index (χ2n) is 7.57. The van der Waals surface area contributed by atoms with Crippen molar-refractivity contribution in [1.82, 2.24) is 5.43 Å². The van der Waals surface area contributed by atoms with Crippen LogP contribution >= 0.6 is 23.2 Å². The van der Waals surface area contributed by atoms with E-state index in [1.165, 1.54) is 12.3 Å². The summed E-state index contributed by atoms with van der Waals surface area (Å²) in [5.41, 5.74) is 4.10. The highest BCUT2D eigenvalue weighted by molar-refractivity contribution is 7.92. The molecule has 3 aromatic carbocycles. The fourth-order valence-electron chi connectivity index (χ4n) is 3.16. The van der Waals surface area contributed by atoms with Gasteiger partial charge in [-0.05, 0) is 60.5 Å². The van der Waals surface area contributed by atoms with Crippen molar-refractivity contribution in [2.24, 2.45) is 5.10 Å². The number of anilines is 1. The Bertz CT molecular complexity index is 1350. The number of carbonyl (C=O) groups excluding carboxylic acids is 1. The van der Waals surface area contributed by atoms with Gasteiger partial charge in [0, 0.05) is 5.02 Å². The molecule has 3 rings (SSSR count). The molecule has 1 N–H and O–H groups in total. The highest BCUT2D eigenvalue weighted by Crippen LogP contribution is 2.29. The number of carbonyl (C=O) groups is 1. The van der Waals surface area contributed by atoms with Crippen LogP contribution in [-0.4, -0.2) is 39.9 Å². The first-order valence-electron chi connectivity index (χ1n) is 10.9. The quantitative estimate of drug-likeness (QED) is 0.271. The fourth-order valence-corrected chi connectivity index (χ4v) is 4.53. The first-order valence-corrected chi connectivity index (χ1v) is 13.5. The number of amides is 1. The summed E-state index contributed by atoms with van der Waals surface area (Å²) in [5, 5.41) is 4.77. The van der Waals surface area contributed by atoms with E-state index in [9.17, 15) is 13.2 Å². The molecule has 0 saturated heterocycles. The van der Waals surface area contributed by atoms with Crippen LogP contribution in [0.4, 0.5) is 5.69 Å². The van der Waals surface area contributed by atoms with Gasteiger partial charge >= 0.3 is 0 Å². The van der Waals surface area contributed by atoms with Crippen LogP contribution in [0.25, 0.3) is 0 Å². The molecule has 1 amide bonds. The third-order valence-corrected chi connectivity index (χ3v) is 6.44. The van der Waals surface area contributed by atoms with Gasteiger partial charge in [0.1, 0.15) is 13.2 Å². The average molecular weight is 550 g/mol. The Kier molecular flexibility index (Phi) is 9.58. The Hall–Kier alpha value is -3.27. The van der Waals surface area contributed by atoms with Gasteiger partial charge in [-0.25, -0.2) is 13.8 Å². The summed E-state index contributed by atoms with van der Waals surface area (Å²) in [5.74, 6) is 0.418. The van der Waals surface area contributed by atoms with Crippen molar-refractivity contribution in [3.63, 3.8) is 0 Å². The fraction of sp³-hybridized carbons (Fsp3) is 0.200. The number of hydrazone groups is 1. The lowest BCUT2D eigenvalue weighted by Gasteiger charge is -2.22. The standard InChI is InChI=1S/C25H25Cl2N3O5S/c1-3-34-24-14-18(11-12-23(24)35-17-19-7-6-8-20(26)13-19)15-28-29-25(31)16-30(36(2,32)33)22-10-5-4-9-21(22)27/h4-15H,3,16-17H2,1-2H3,(H,29,31)/b28-15-. The number of nitrogens with zero attached hydrogens (tertiary/aromatic N) is 2. The van der Waals surface area contributed by atoms with Crippen LogP contribution in [0, 0.1) is 0 Å². The van der Waals surface area contributed by atoms with Gasteiger partial charge in [0.2, 0.25) is 10.0 Å². The normalized spacial score (nSPS) is 11.3. The minimum Gasteiger partial charge on any atom is -0.490 e. The van der Waals surface area contributed by atoms with Crippen LogP contribution in [0.2, 0.25) is 10.0 Å². The van der Waals surface area contributed by atoms with E-state index in [4.69, 9.17) is 32.7 Å². The molecule has 0 saturated carbocycles. The molecule has 0 bridgehead atoms. The Morgan fingerprint density at radius 1 is 1.03 bits per heavy atom. The van der Waals surface area contributed by atoms with Crippen LogP contribution in [0.1, 0.15) is 18.1 Å². The number of benzene rings is 3. The lowest BCUT2D eigenvalue weighted by molar-refractivity contribution is -0.119. The summed E-state index contributed by atoms with van der Waals surface area (Å²) in [7, 11) is -3.76. The summed E-state index contributed by atoms with van der Waals surface area (Å²) in [6, 6.07) is 18.9. The number of rotatable bonds is 11. The van der Waals surface area contributed by atoms with Gasteiger partial charge in [-0.3, -0.25) is 9.10 Å². The van der Waals surface area contributed by atoms with Crippen molar-refractivity contribution in [3.8, 4) is 11.5 Å². The zero-order valence-electron chi connectivity index (χ0n) is 19.6. The summed E-state index contributed by atoms with van der Waals surface area (Å²) < 4.78 is 36.9. The number of nitrogens with one attached hydrogen (secondary N) is 1. The van der Waals surface area contributed by atoms with Gasteiger partial charge in [-0.2, -0.15) is 5.10 Å². The molecule has 0 atom stereocenters. The van der Waals surface area contributed by atoms with Crippen molar-refractivity contribution in [2.45, 2.75) is 13.5 Å². The molecule has 8 nitrogen and oxygen atoms in total. The van der Waals surface area contributed by atoms with Gasteiger partial charge in [0.25, 0.3) is 5.91 Å². The van der Waals surface area contributed by atoms with Gasteiger partial charge in [0.15, 0.2) is 11.5 Å². The summed E-state index contributed by atoms with van der Waals surface area (Å²) in [6.07, 6.45) is 2.42. The Balaban J connectivity index is 1.66. The van der Waals surface area contributed by atoms with Crippen molar-refractivity contribution in [3.05, 3.63) is 87.9 Å². The summed E-state index contributed by atoms with van der Waals surface area (Å²) in [4.78, 5) is 12.4. The number of para-hydroxylation sites is 1. The largest absolute Gasteiger partial charge is 0.490 e. The van der Waals surface area contributed by atoms with Crippen LogP contribution in [0.15, 0.2) is 71.8 Å². The molecule has 0 aliphatic carbocycles. The molecule has 0 radical (unpaired) electrons. The molecule has 0 fully saturated rings. The second kappa shape index (κ2) is 12.6. The average Bonchev–Trinajstić information content (AvgIpc) is 2.82. The molecular formula is C25H25Cl2N3O5S. The number of sulfonamides is 1. The zero-order valence-corrected chi connectivity index (χ0v) is 22.0. The maximum atomic E-state index is 12.4. The monoisotopic (exact) mass is 549 g/mol. The Morgan fingerprint density at radius 3 is 2.50 bits per heavy atom. The van der Waals surface area contributed by atoms with Crippen molar-refractivity contribution in [1.29, 1.82) is 0 Å². The third kappa shape index (κ3) is 7.87. The van der Waals surface area contributed by atoms with Crippen molar-refractivity contribution in [2.75, 3.05) is 23.7 Å². The van der Waals surface area contributed by atoms with Crippen LogP contribution < -0.4 is 19.2 Å². The molecule has 0 unspecified atom stereocenters.